The number of halogens is 1. The maximum absolute atomic E-state index is 11.1. The molecule has 2 rings (SSSR count). The van der Waals surface area contributed by atoms with Crippen molar-refractivity contribution < 1.29 is 18.1 Å². The smallest absolute Gasteiger partial charge is 0.294 e. The van der Waals surface area contributed by atoms with Crippen molar-refractivity contribution in [1.29, 1.82) is 0 Å². The first-order valence-electron chi connectivity index (χ1n) is 5.24. The summed E-state index contributed by atoms with van der Waals surface area (Å²) in [5.41, 5.74) is 1.32. The molecule has 2 N–H and O–H groups in total. The Morgan fingerprint density at radius 2 is 1.95 bits per heavy atom. The summed E-state index contributed by atoms with van der Waals surface area (Å²) >= 11 is 5.97. The maximum Gasteiger partial charge on any atom is 0.294 e. The molecule has 0 radical (unpaired) electrons. The van der Waals surface area contributed by atoms with Crippen LogP contribution < -0.4 is 0 Å². The quantitative estimate of drug-likeness (QED) is 0.829. The van der Waals surface area contributed by atoms with Gasteiger partial charge in [0.1, 0.15) is 0 Å². The lowest BCUT2D eigenvalue weighted by Gasteiger charge is -2.07. The van der Waals surface area contributed by atoms with E-state index in [2.05, 4.69) is 5.10 Å². The number of nitrogens with zero attached hydrogens (tertiary/aromatic N) is 2. The average molecular weight is 303 g/mol. The van der Waals surface area contributed by atoms with Crippen molar-refractivity contribution in [3.63, 3.8) is 0 Å². The third-order valence-corrected chi connectivity index (χ3v) is 3.94. The Kier molecular flexibility index (Phi) is 3.29. The number of aromatic nitrogens is 2. The Morgan fingerprint density at radius 1 is 1.32 bits per heavy atom. The van der Waals surface area contributed by atoms with E-state index < -0.39 is 10.1 Å². The zero-order chi connectivity index (χ0) is 14.4. The summed E-state index contributed by atoms with van der Waals surface area (Å²) in [5, 5.41) is 14.2. The average Bonchev–Trinajstić information content (AvgIpc) is 2.56. The molecule has 0 amide bonds. The van der Waals surface area contributed by atoms with Crippen LogP contribution in [-0.4, -0.2) is 27.9 Å². The number of hydrogen-bond acceptors (Lipinski definition) is 4. The molecule has 0 saturated carbocycles. The van der Waals surface area contributed by atoms with Crippen LogP contribution in [0.1, 0.15) is 11.3 Å². The predicted molar refractivity (Wildman–Crippen MR) is 69.5 cm³/mol. The molecular weight excluding hydrogens is 292 g/mol. The molecule has 2 aromatic rings. The van der Waals surface area contributed by atoms with E-state index in [1.54, 1.807) is 13.8 Å². The molecule has 0 atom stereocenters. The lowest BCUT2D eigenvalue weighted by molar-refractivity contribution is 0.430. The number of hydrogen-bond donors (Lipinski definition) is 2. The summed E-state index contributed by atoms with van der Waals surface area (Å²) in [7, 11) is -4.35. The van der Waals surface area contributed by atoms with Crippen molar-refractivity contribution in [1.82, 2.24) is 9.78 Å². The van der Waals surface area contributed by atoms with E-state index in [1.807, 2.05) is 0 Å². The van der Waals surface area contributed by atoms with E-state index in [1.165, 1.54) is 12.1 Å². The molecule has 0 spiro atoms. The van der Waals surface area contributed by atoms with E-state index in [-0.39, 0.29) is 21.5 Å². The van der Waals surface area contributed by atoms with Crippen molar-refractivity contribution >= 4 is 21.7 Å². The zero-order valence-electron chi connectivity index (χ0n) is 10.1. The Bertz CT molecular complexity index is 752. The third-order valence-electron chi connectivity index (χ3n) is 2.77. The van der Waals surface area contributed by atoms with Crippen molar-refractivity contribution in [2.45, 2.75) is 18.7 Å². The fourth-order valence-electron chi connectivity index (χ4n) is 1.58. The van der Waals surface area contributed by atoms with E-state index in [9.17, 15) is 13.5 Å². The Balaban J connectivity index is 2.71. The van der Waals surface area contributed by atoms with Crippen molar-refractivity contribution in [3.05, 3.63) is 34.5 Å². The second-order valence-electron chi connectivity index (χ2n) is 4.03. The number of aromatic hydroxyl groups is 1. The summed E-state index contributed by atoms with van der Waals surface area (Å²) in [6.07, 6.45) is 0. The van der Waals surface area contributed by atoms with Gasteiger partial charge in [0, 0.05) is 5.56 Å². The van der Waals surface area contributed by atoms with E-state index in [0.717, 1.165) is 10.7 Å². The topological polar surface area (TPSA) is 92.4 Å². The molecule has 6 nitrogen and oxygen atoms in total. The highest BCUT2D eigenvalue weighted by Crippen LogP contribution is 2.29. The van der Waals surface area contributed by atoms with Crippen LogP contribution in [0.4, 0.5) is 0 Å². The van der Waals surface area contributed by atoms with Gasteiger partial charge in [0.05, 0.1) is 21.3 Å². The second kappa shape index (κ2) is 4.52. The van der Waals surface area contributed by atoms with Gasteiger partial charge in [-0.05, 0) is 32.0 Å². The highest BCUT2D eigenvalue weighted by atomic mass is 35.5. The first-order chi connectivity index (χ1) is 8.71. The van der Waals surface area contributed by atoms with E-state index in [4.69, 9.17) is 16.2 Å². The zero-order valence-corrected chi connectivity index (χ0v) is 11.7. The van der Waals surface area contributed by atoms with E-state index in [0.29, 0.717) is 11.3 Å². The van der Waals surface area contributed by atoms with Gasteiger partial charge in [-0.15, -0.1) is 0 Å². The molecule has 0 aliphatic rings. The summed E-state index contributed by atoms with van der Waals surface area (Å²) in [4.78, 5) is -0.322. The largest absolute Gasteiger partial charge is 0.493 e. The standard InChI is InChI=1S/C11H11ClN2O4S/c1-6-7(2)13-14(11(6)15)10-5-8(19(16,17)18)3-4-9(10)12/h3-5,15H,1-2H3,(H,16,17,18). The van der Waals surface area contributed by atoms with Crippen LogP contribution in [0.25, 0.3) is 5.69 Å². The van der Waals surface area contributed by atoms with Gasteiger partial charge < -0.3 is 5.11 Å². The molecule has 0 aliphatic heterocycles. The van der Waals surface area contributed by atoms with Gasteiger partial charge >= 0.3 is 0 Å². The van der Waals surface area contributed by atoms with Gasteiger partial charge in [-0.1, -0.05) is 11.6 Å². The fraction of sp³-hybridized carbons (Fsp3) is 0.182. The normalized spacial score (nSPS) is 11.8. The monoisotopic (exact) mass is 302 g/mol. The SMILES string of the molecule is Cc1nn(-c2cc(S(=O)(=O)O)ccc2Cl)c(O)c1C. The first-order valence-corrected chi connectivity index (χ1v) is 7.06. The highest BCUT2D eigenvalue weighted by molar-refractivity contribution is 7.85. The fourth-order valence-corrected chi connectivity index (χ4v) is 2.27. The molecular formula is C11H11ClN2O4S. The van der Waals surface area contributed by atoms with Gasteiger partial charge in [0.2, 0.25) is 5.88 Å². The molecule has 0 bridgehead atoms. The predicted octanol–water partition coefficient (Wildman–Crippen LogP) is 2.09. The molecule has 8 heteroatoms. The van der Waals surface area contributed by atoms with Crippen molar-refractivity contribution in [2.75, 3.05) is 0 Å². The van der Waals surface area contributed by atoms with Gasteiger partial charge in [0.15, 0.2) is 0 Å². The molecule has 1 aromatic heterocycles. The van der Waals surface area contributed by atoms with E-state index >= 15 is 0 Å². The molecule has 19 heavy (non-hydrogen) atoms. The minimum Gasteiger partial charge on any atom is -0.493 e. The number of benzene rings is 1. The Morgan fingerprint density at radius 3 is 2.42 bits per heavy atom. The van der Waals surface area contributed by atoms with Crippen LogP contribution >= 0.6 is 11.6 Å². The minimum atomic E-state index is -4.35. The van der Waals surface area contributed by atoms with Crippen molar-refractivity contribution in [2.24, 2.45) is 0 Å². The van der Waals surface area contributed by atoms with Gasteiger partial charge in [0.25, 0.3) is 10.1 Å². The summed E-state index contributed by atoms with van der Waals surface area (Å²) < 4.78 is 32.4. The molecule has 0 unspecified atom stereocenters. The molecule has 1 aromatic carbocycles. The molecule has 0 aliphatic carbocycles. The summed E-state index contributed by atoms with van der Waals surface area (Å²) in [6, 6.07) is 3.62. The Labute approximate surface area is 115 Å². The van der Waals surface area contributed by atoms with Gasteiger partial charge in [-0.2, -0.15) is 18.2 Å². The van der Waals surface area contributed by atoms with Crippen LogP contribution in [0, 0.1) is 13.8 Å². The van der Waals surface area contributed by atoms with Gasteiger partial charge in [-0.25, -0.2) is 0 Å². The summed E-state index contributed by atoms with van der Waals surface area (Å²) in [5.74, 6) is -0.133. The lowest BCUT2D eigenvalue weighted by atomic mass is 10.3. The highest BCUT2D eigenvalue weighted by Gasteiger charge is 2.17. The van der Waals surface area contributed by atoms with Crippen LogP contribution in [0.3, 0.4) is 0 Å². The minimum absolute atomic E-state index is 0.133. The number of aryl methyl sites for hydroxylation is 1. The van der Waals surface area contributed by atoms with Gasteiger partial charge in [-0.3, -0.25) is 4.55 Å². The molecule has 1 heterocycles. The summed E-state index contributed by atoms with van der Waals surface area (Å²) in [6.45, 7) is 3.38. The third kappa shape index (κ3) is 2.44. The molecule has 102 valence electrons. The second-order valence-corrected chi connectivity index (χ2v) is 5.86. The van der Waals surface area contributed by atoms with Crippen LogP contribution in [0.15, 0.2) is 23.1 Å². The molecule has 0 fully saturated rings. The lowest BCUT2D eigenvalue weighted by Crippen LogP contribution is -2.02. The van der Waals surface area contributed by atoms with Crippen molar-refractivity contribution in [3.8, 4) is 11.6 Å². The maximum atomic E-state index is 11.1. The molecule has 0 saturated heterocycles. The van der Waals surface area contributed by atoms with Crippen LogP contribution in [0.5, 0.6) is 5.88 Å². The Hall–Kier alpha value is -1.57. The van der Waals surface area contributed by atoms with Crippen LogP contribution in [-0.2, 0) is 10.1 Å². The first kappa shape index (κ1) is 13.9. The number of rotatable bonds is 2. The van der Waals surface area contributed by atoms with Crippen LogP contribution in [0.2, 0.25) is 5.02 Å².